The standard InChI is InChI=1S/C13H15F3N2O2/c14-13(15,16)12(18-5-3-17-4-6-18)9-1-2-10-11(7-9)20-8-19-10/h1-2,7,12,17H,3-6,8H2/t12-/m0/s1. The fraction of sp³-hybridized carbons (Fsp3) is 0.538. The fourth-order valence-corrected chi connectivity index (χ4v) is 2.63. The number of halogens is 3. The van der Waals surface area contributed by atoms with Gasteiger partial charge in [-0.1, -0.05) is 6.07 Å². The number of ether oxygens (including phenoxy) is 2. The first-order valence-electron chi connectivity index (χ1n) is 6.47. The molecule has 2 aliphatic heterocycles. The molecule has 0 aromatic heterocycles. The summed E-state index contributed by atoms with van der Waals surface area (Å²) in [5.74, 6) is 0.877. The Morgan fingerprint density at radius 3 is 2.50 bits per heavy atom. The van der Waals surface area contributed by atoms with Gasteiger partial charge in [-0.25, -0.2) is 0 Å². The van der Waals surface area contributed by atoms with Crippen molar-refractivity contribution in [1.82, 2.24) is 10.2 Å². The van der Waals surface area contributed by atoms with E-state index in [0.717, 1.165) is 0 Å². The number of benzene rings is 1. The third kappa shape index (κ3) is 2.55. The predicted molar refractivity (Wildman–Crippen MR) is 65.8 cm³/mol. The van der Waals surface area contributed by atoms with Crippen LogP contribution in [0.1, 0.15) is 11.6 Å². The average Bonchev–Trinajstić information content (AvgIpc) is 2.86. The Labute approximate surface area is 114 Å². The number of rotatable bonds is 2. The van der Waals surface area contributed by atoms with Gasteiger partial charge in [0, 0.05) is 26.2 Å². The lowest BCUT2D eigenvalue weighted by molar-refractivity contribution is -0.187. The van der Waals surface area contributed by atoms with E-state index in [9.17, 15) is 13.2 Å². The molecule has 20 heavy (non-hydrogen) atoms. The third-order valence-corrected chi connectivity index (χ3v) is 3.54. The molecule has 2 heterocycles. The van der Waals surface area contributed by atoms with Crippen LogP contribution in [0, 0.1) is 0 Å². The topological polar surface area (TPSA) is 33.7 Å². The van der Waals surface area contributed by atoms with E-state index in [-0.39, 0.29) is 12.4 Å². The molecule has 1 N–H and O–H groups in total. The van der Waals surface area contributed by atoms with E-state index in [2.05, 4.69) is 5.32 Å². The highest BCUT2D eigenvalue weighted by Gasteiger charge is 2.45. The van der Waals surface area contributed by atoms with Crippen molar-refractivity contribution in [2.45, 2.75) is 12.2 Å². The minimum absolute atomic E-state index is 0.0586. The smallest absolute Gasteiger partial charge is 0.408 e. The molecule has 0 amide bonds. The number of hydrogen-bond donors (Lipinski definition) is 1. The Hall–Kier alpha value is -1.47. The van der Waals surface area contributed by atoms with Crippen LogP contribution in [0.5, 0.6) is 11.5 Å². The molecule has 0 saturated carbocycles. The molecule has 1 fully saturated rings. The number of nitrogens with zero attached hydrogens (tertiary/aromatic N) is 1. The molecular weight excluding hydrogens is 273 g/mol. The zero-order valence-corrected chi connectivity index (χ0v) is 10.7. The molecule has 0 aliphatic carbocycles. The van der Waals surface area contributed by atoms with Crippen molar-refractivity contribution in [3.8, 4) is 11.5 Å². The zero-order chi connectivity index (χ0) is 14.2. The van der Waals surface area contributed by atoms with Crippen LogP contribution in [0.15, 0.2) is 18.2 Å². The summed E-state index contributed by atoms with van der Waals surface area (Å²) in [7, 11) is 0. The number of nitrogens with one attached hydrogen (secondary N) is 1. The summed E-state index contributed by atoms with van der Waals surface area (Å²) >= 11 is 0. The van der Waals surface area contributed by atoms with Crippen molar-refractivity contribution in [3.63, 3.8) is 0 Å². The van der Waals surface area contributed by atoms with Crippen molar-refractivity contribution in [3.05, 3.63) is 23.8 Å². The maximum absolute atomic E-state index is 13.4. The Balaban J connectivity index is 1.92. The van der Waals surface area contributed by atoms with Gasteiger partial charge < -0.3 is 14.8 Å². The molecule has 1 aromatic carbocycles. The highest BCUT2D eigenvalue weighted by molar-refractivity contribution is 5.45. The average molecular weight is 288 g/mol. The molecule has 4 nitrogen and oxygen atoms in total. The summed E-state index contributed by atoms with van der Waals surface area (Å²) in [4.78, 5) is 1.45. The zero-order valence-electron chi connectivity index (χ0n) is 10.7. The first-order valence-corrected chi connectivity index (χ1v) is 6.47. The molecule has 1 aromatic rings. The largest absolute Gasteiger partial charge is 0.454 e. The number of alkyl halides is 3. The SMILES string of the molecule is FC(F)(F)[C@H](c1ccc2c(c1)OCO2)N1CCNCC1. The number of fused-ring (bicyclic) bond motifs is 1. The van der Waals surface area contributed by atoms with Crippen LogP contribution in [0.25, 0.3) is 0 Å². The van der Waals surface area contributed by atoms with E-state index in [1.54, 1.807) is 6.07 Å². The second kappa shape index (κ2) is 5.14. The van der Waals surface area contributed by atoms with E-state index >= 15 is 0 Å². The lowest BCUT2D eigenvalue weighted by Crippen LogP contribution is -2.49. The molecule has 3 rings (SSSR count). The molecule has 0 unspecified atom stereocenters. The van der Waals surface area contributed by atoms with E-state index in [1.807, 2.05) is 0 Å². The molecule has 0 radical (unpaired) electrons. The van der Waals surface area contributed by atoms with Crippen molar-refractivity contribution in [2.75, 3.05) is 33.0 Å². The summed E-state index contributed by atoms with van der Waals surface area (Å²) in [5.41, 5.74) is 0.198. The van der Waals surface area contributed by atoms with Gasteiger partial charge in [-0.3, -0.25) is 4.90 Å². The van der Waals surface area contributed by atoms with Crippen LogP contribution < -0.4 is 14.8 Å². The van der Waals surface area contributed by atoms with Crippen LogP contribution >= 0.6 is 0 Å². The van der Waals surface area contributed by atoms with E-state index in [0.29, 0.717) is 37.7 Å². The van der Waals surface area contributed by atoms with Crippen molar-refractivity contribution in [1.29, 1.82) is 0 Å². The molecular formula is C13H15F3N2O2. The molecule has 7 heteroatoms. The lowest BCUT2D eigenvalue weighted by atomic mass is 10.0. The van der Waals surface area contributed by atoms with E-state index in [1.165, 1.54) is 17.0 Å². The Morgan fingerprint density at radius 1 is 1.10 bits per heavy atom. The highest BCUT2D eigenvalue weighted by atomic mass is 19.4. The van der Waals surface area contributed by atoms with Crippen LogP contribution in [0.2, 0.25) is 0 Å². The van der Waals surface area contributed by atoms with Gasteiger partial charge in [-0.15, -0.1) is 0 Å². The quantitative estimate of drug-likeness (QED) is 0.901. The van der Waals surface area contributed by atoms with Crippen LogP contribution in [-0.2, 0) is 0 Å². The second-order valence-electron chi connectivity index (χ2n) is 4.84. The van der Waals surface area contributed by atoms with Gasteiger partial charge in [0.2, 0.25) is 6.79 Å². The van der Waals surface area contributed by atoms with Crippen LogP contribution in [0.3, 0.4) is 0 Å². The van der Waals surface area contributed by atoms with Gasteiger partial charge in [0.15, 0.2) is 11.5 Å². The van der Waals surface area contributed by atoms with Gasteiger partial charge in [-0.2, -0.15) is 13.2 Å². The molecule has 1 saturated heterocycles. The predicted octanol–water partition coefficient (Wildman–Crippen LogP) is 1.92. The maximum atomic E-state index is 13.4. The van der Waals surface area contributed by atoms with Crippen LogP contribution in [0.4, 0.5) is 13.2 Å². The van der Waals surface area contributed by atoms with Crippen molar-refractivity contribution < 1.29 is 22.6 Å². The van der Waals surface area contributed by atoms with E-state index in [4.69, 9.17) is 9.47 Å². The molecule has 0 bridgehead atoms. The van der Waals surface area contributed by atoms with Gasteiger partial charge in [-0.05, 0) is 17.7 Å². The van der Waals surface area contributed by atoms with Gasteiger partial charge in [0.05, 0.1) is 0 Å². The molecule has 110 valence electrons. The summed E-state index contributed by atoms with van der Waals surface area (Å²) < 4.78 is 50.5. The van der Waals surface area contributed by atoms with Gasteiger partial charge in [0.1, 0.15) is 6.04 Å². The first-order chi connectivity index (χ1) is 9.55. The third-order valence-electron chi connectivity index (χ3n) is 3.54. The van der Waals surface area contributed by atoms with Crippen molar-refractivity contribution >= 4 is 0 Å². The van der Waals surface area contributed by atoms with Crippen molar-refractivity contribution in [2.24, 2.45) is 0 Å². The van der Waals surface area contributed by atoms with Gasteiger partial charge in [0.25, 0.3) is 0 Å². The maximum Gasteiger partial charge on any atom is 0.408 e. The number of piperazine rings is 1. The normalized spacial score (nSPS) is 20.9. The summed E-state index contributed by atoms with van der Waals surface area (Å²) in [6, 6.07) is 2.84. The Bertz CT molecular complexity index is 487. The Morgan fingerprint density at radius 2 is 1.80 bits per heavy atom. The monoisotopic (exact) mass is 288 g/mol. The summed E-state index contributed by atoms with van der Waals surface area (Å²) in [5, 5.41) is 3.06. The second-order valence-corrected chi connectivity index (χ2v) is 4.84. The first kappa shape index (κ1) is 13.5. The van der Waals surface area contributed by atoms with E-state index < -0.39 is 12.2 Å². The van der Waals surface area contributed by atoms with Crippen LogP contribution in [-0.4, -0.2) is 44.0 Å². The molecule has 1 atom stereocenters. The molecule has 0 spiro atoms. The molecule has 2 aliphatic rings. The summed E-state index contributed by atoms with van der Waals surface area (Å²) in [6.07, 6.45) is -4.31. The minimum atomic E-state index is -4.31. The fourth-order valence-electron chi connectivity index (χ4n) is 2.63. The minimum Gasteiger partial charge on any atom is -0.454 e. The highest BCUT2D eigenvalue weighted by Crippen LogP contribution is 2.41. The summed E-state index contributed by atoms with van der Waals surface area (Å²) in [6.45, 7) is 1.94. The lowest BCUT2D eigenvalue weighted by Gasteiger charge is -2.36. The number of hydrogen-bond acceptors (Lipinski definition) is 4. The van der Waals surface area contributed by atoms with Gasteiger partial charge >= 0.3 is 6.18 Å². The Kier molecular flexibility index (Phi) is 3.47.